The number of hydrogen-bond donors (Lipinski definition) is 1. The zero-order valence-electron chi connectivity index (χ0n) is 11.9. The first-order chi connectivity index (χ1) is 9.69. The summed E-state index contributed by atoms with van der Waals surface area (Å²) < 4.78 is 0. The van der Waals surface area contributed by atoms with Crippen molar-refractivity contribution in [3.8, 4) is 6.07 Å². The number of hydrogen-bond acceptors (Lipinski definition) is 2. The predicted molar refractivity (Wildman–Crippen MR) is 78.0 cm³/mol. The molecular formula is C16H21N3O. The van der Waals surface area contributed by atoms with Gasteiger partial charge in [-0.3, -0.25) is 0 Å². The molecule has 4 heteroatoms. The molecule has 0 bridgehead atoms. The number of benzene rings is 1. The Kier molecular flexibility index (Phi) is 5.00. The third-order valence-electron chi connectivity index (χ3n) is 3.85. The highest BCUT2D eigenvalue weighted by Gasteiger charge is 2.19. The summed E-state index contributed by atoms with van der Waals surface area (Å²) in [5.41, 5.74) is 1.57. The Labute approximate surface area is 120 Å². The van der Waals surface area contributed by atoms with Gasteiger partial charge >= 0.3 is 6.03 Å². The van der Waals surface area contributed by atoms with Gasteiger partial charge in [0, 0.05) is 20.1 Å². The van der Waals surface area contributed by atoms with Crippen molar-refractivity contribution in [3.63, 3.8) is 0 Å². The van der Waals surface area contributed by atoms with Crippen LogP contribution in [0.1, 0.15) is 36.8 Å². The van der Waals surface area contributed by atoms with Crippen LogP contribution in [-0.2, 0) is 6.54 Å². The summed E-state index contributed by atoms with van der Waals surface area (Å²) >= 11 is 0. The highest BCUT2D eigenvalue weighted by Crippen LogP contribution is 2.25. The predicted octanol–water partition coefficient (Wildman–Crippen LogP) is 2.89. The standard InChI is InChI=1S/C16H21N3O/c1-19(12-13-5-2-3-6-13)16(20)18-11-15-8-4-7-14(9-15)10-17/h4,7-9,13H,2-3,5-6,11-12H2,1H3,(H,18,20). The highest BCUT2D eigenvalue weighted by atomic mass is 16.2. The Morgan fingerprint density at radius 3 is 2.90 bits per heavy atom. The number of urea groups is 1. The molecule has 1 aliphatic carbocycles. The van der Waals surface area contributed by atoms with Crippen molar-refractivity contribution in [1.29, 1.82) is 5.26 Å². The first-order valence-corrected chi connectivity index (χ1v) is 7.17. The lowest BCUT2D eigenvalue weighted by molar-refractivity contribution is 0.200. The van der Waals surface area contributed by atoms with Crippen molar-refractivity contribution in [3.05, 3.63) is 35.4 Å². The van der Waals surface area contributed by atoms with Crippen LogP contribution in [0.2, 0.25) is 0 Å². The van der Waals surface area contributed by atoms with Crippen molar-refractivity contribution in [2.24, 2.45) is 5.92 Å². The average molecular weight is 271 g/mol. The number of carbonyl (C=O) groups excluding carboxylic acids is 1. The first-order valence-electron chi connectivity index (χ1n) is 7.17. The lowest BCUT2D eigenvalue weighted by atomic mass is 10.1. The minimum atomic E-state index is -0.0424. The van der Waals surface area contributed by atoms with Crippen LogP contribution in [0.15, 0.2) is 24.3 Å². The third kappa shape index (κ3) is 3.99. The number of rotatable bonds is 4. The number of nitriles is 1. The molecule has 0 spiro atoms. The van der Waals surface area contributed by atoms with Gasteiger partial charge in [-0.05, 0) is 36.5 Å². The summed E-state index contributed by atoms with van der Waals surface area (Å²) in [4.78, 5) is 13.8. The summed E-state index contributed by atoms with van der Waals surface area (Å²) in [6.07, 6.45) is 5.06. The van der Waals surface area contributed by atoms with E-state index in [0.29, 0.717) is 18.0 Å². The largest absolute Gasteiger partial charge is 0.334 e. The third-order valence-corrected chi connectivity index (χ3v) is 3.85. The zero-order chi connectivity index (χ0) is 14.4. The molecule has 0 aliphatic heterocycles. The molecule has 1 N–H and O–H groups in total. The molecule has 1 aromatic rings. The maximum atomic E-state index is 12.0. The SMILES string of the molecule is CN(CC1CCCC1)C(=O)NCc1cccc(C#N)c1. The normalized spacial score (nSPS) is 14.8. The molecule has 1 aliphatic rings. The van der Waals surface area contributed by atoms with E-state index in [4.69, 9.17) is 5.26 Å². The van der Waals surface area contributed by atoms with E-state index in [9.17, 15) is 4.79 Å². The smallest absolute Gasteiger partial charge is 0.317 e. The van der Waals surface area contributed by atoms with Gasteiger partial charge < -0.3 is 10.2 Å². The van der Waals surface area contributed by atoms with Crippen molar-refractivity contribution in [1.82, 2.24) is 10.2 Å². The summed E-state index contributed by atoms with van der Waals surface area (Å²) in [5, 5.41) is 11.7. The fourth-order valence-corrected chi connectivity index (χ4v) is 2.73. The van der Waals surface area contributed by atoms with Gasteiger partial charge in [-0.15, -0.1) is 0 Å². The van der Waals surface area contributed by atoms with Gasteiger partial charge in [0.15, 0.2) is 0 Å². The molecule has 1 fully saturated rings. The molecule has 0 radical (unpaired) electrons. The molecule has 4 nitrogen and oxygen atoms in total. The molecular weight excluding hydrogens is 250 g/mol. The van der Waals surface area contributed by atoms with E-state index in [2.05, 4.69) is 11.4 Å². The van der Waals surface area contributed by atoms with Gasteiger partial charge in [0.05, 0.1) is 11.6 Å². The van der Waals surface area contributed by atoms with Crippen molar-refractivity contribution in [2.75, 3.05) is 13.6 Å². The molecule has 0 heterocycles. The second-order valence-corrected chi connectivity index (χ2v) is 5.50. The monoisotopic (exact) mass is 271 g/mol. The molecule has 0 unspecified atom stereocenters. The number of nitrogens with zero attached hydrogens (tertiary/aromatic N) is 2. The molecule has 0 atom stereocenters. The molecule has 1 saturated carbocycles. The maximum absolute atomic E-state index is 12.0. The lowest BCUT2D eigenvalue weighted by Crippen LogP contribution is -2.39. The number of amides is 2. The minimum Gasteiger partial charge on any atom is -0.334 e. The Balaban J connectivity index is 1.80. The van der Waals surface area contributed by atoms with Gasteiger partial charge in [0.2, 0.25) is 0 Å². The van der Waals surface area contributed by atoms with E-state index in [1.807, 2.05) is 19.2 Å². The van der Waals surface area contributed by atoms with Gasteiger partial charge in [-0.2, -0.15) is 5.26 Å². The lowest BCUT2D eigenvalue weighted by Gasteiger charge is -2.21. The number of nitrogens with one attached hydrogen (secondary N) is 1. The maximum Gasteiger partial charge on any atom is 0.317 e. The van der Waals surface area contributed by atoms with E-state index in [-0.39, 0.29) is 6.03 Å². The topological polar surface area (TPSA) is 56.1 Å². The van der Waals surface area contributed by atoms with E-state index in [0.717, 1.165) is 12.1 Å². The number of carbonyl (C=O) groups is 1. The van der Waals surface area contributed by atoms with E-state index in [1.54, 1.807) is 17.0 Å². The Morgan fingerprint density at radius 1 is 1.45 bits per heavy atom. The Hall–Kier alpha value is -2.02. The Bertz CT molecular complexity index is 501. The van der Waals surface area contributed by atoms with Gasteiger partial charge in [0.1, 0.15) is 0 Å². The molecule has 0 aromatic heterocycles. The second-order valence-electron chi connectivity index (χ2n) is 5.50. The van der Waals surface area contributed by atoms with Crippen molar-refractivity contribution in [2.45, 2.75) is 32.2 Å². The zero-order valence-corrected chi connectivity index (χ0v) is 11.9. The van der Waals surface area contributed by atoms with Crippen LogP contribution < -0.4 is 5.32 Å². The first kappa shape index (κ1) is 14.4. The molecule has 106 valence electrons. The van der Waals surface area contributed by atoms with Gasteiger partial charge in [-0.1, -0.05) is 25.0 Å². The molecule has 2 amide bonds. The van der Waals surface area contributed by atoms with Crippen LogP contribution >= 0.6 is 0 Å². The van der Waals surface area contributed by atoms with E-state index >= 15 is 0 Å². The van der Waals surface area contributed by atoms with Crippen LogP contribution in [0.25, 0.3) is 0 Å². The van der Waals surface area contributed by atoms with E-state index < -0.39 is 0 Å². The average Bonchev–Trinajstić information content (AvgIpc) is 2.97. The molecule has 1 aromatic carbocycles. The van der Waals surface area contributed by atoms with E-state index in [1.165, 1.54) is 25.7 Å². The van der Waals surface area contributed by atoms with Gasteiger partial charge in [-0.25, -0.2) is 4.79 Å². The van der Waals surface area contributed by atoms with Crippen LogP contribution in [0, 0.1) is 17.2 Å². The highest BCUT2D eigenvalue weighted by molar-refractivity contribution is 5.73. The van der Waals surface area contributed by atoms with Crippen LogP contribution in [0.3, 0.4) is 0 Å². The molecule has 2 rings (SSSR count). The van der Waals surface area contributed by atoms with Crippen LogP contribution in [0.4, 0.5) is 4.79 Å². The Morgan fingerprint density at radius 2 is 2.20 bits per heavy atom. The minimum absolute atomic E-state index is 0.0424. The summed E-state index contributed by atoms with van der Waals surface area (Å²) in [5.74, 6) is 0.660. The quantitative estimate of drug-likeness (QED) is 0.915. The molecule has 20 heavy (non-hydrogen) atoms. The summed E-state index contributed by atoms with van der Waals surface area (Å²) in [7, 11) is 1.85. The van der Waals surface area contributed by atoms with Crippen molar-refractivity contribution < 1.29 is 4.79 Å². The van der Waals surface area contributed by atoms with Gasteiger partial charge in [0.25, 0.3) is 0 Å². The van der Waals surface area contributed by atoms with Crippen LogP contribution in [0.5, 0.6) is 0 Å². The fraction of sp³-hybridized carbons (Fsp3) is 0.500. The second kappa shape index (κ2) is 6.95. The summed E-state index contributed by atoms with van der Waals surface area (Å²) in [6, 6.07) is 9.38. The summed E-state index contributed by atoms with van der Waals surface area (Å²) in [6.45, 7) is 1.30. The van der Waals surface area contributed by atoms with Crippen molar-refractivity contribution >= 4 is 6.03 Å². The molecule has 0 saturated heterocycles. The van der Waals surface area contributed by atoms with Crippen LogP contribution in [-0.4, -0.2) is 24.5 Å². The fourth-order valence-electron chi connectivity index (χ4n) is 2.73.